The minimum Gasteiger partial charge on any atom is -0.477 e. The average Bonchev–Trinajstić information content (AvgIpc) is 2.46. The SMILES string of the molecule is COCCn1c(-c2ccccc2)ccc(C(=O)O)c1=O. The molecule has 0 aliphatic heterocycles. The highest BCUT2D eigenvalue weighted by atomic mass is 16.5. The number of pyridine rings is 1. The normalized spacial score (nSPS) is 10.4. The van der Waals surface area contributed by atoms with Crippen LogP contribution >= 0.6 is 0 Å². The first kappa shape index (κ1) is 14.0. The molecule has 0 unspecified atom stereocenters. The molecule has 0 fully saturated rings. The zero-order valence-electron chi connectivity index (χ0n) is 11.1. The van der Waals surface area contributed by atoms with Crippen molar-refractivity contribution in [1.82, 2.24) is 4.57 Å². The molecular weight excluding hydrogens is 258 g/mol. The van der Waals surface area contributed by atoms with Crippen LogP contribution in [0.3, 0.4) is 0 Å². The summed E-state index contributed by atoms with van der Waals surface area (Å²) in [6, 6.07) is 12.4. The maximum Gasteiger partial charge on any atom is 0.341 e. The topological polar surface area (TPSA) is 68.5 Å². The van der Waals surface area contributed by atoms with Crippen LogP contribution in [0.2, 0.25) is 0 Å². The van der Waals surface area contributed by atoms with E-state index in [0.29, 0.717) is 18.8 Å². The van der Waals surface area contributed by atoms with Crippen molar-refractivity contribution in [3.63, 3.8) is 0 Å². The molecular formula is C15H15NO4. The van der Waals surface area contributed by atoms with E-state index in [1.54, 1.807) is 6.07 Å². The van der Waals surface area contributed by atoms with E-state index < -0.39 is 11.5 Å². The fourth-order valence-corrected chi connectivity index (χ4v) is 2.01. The van der Waals surface area contributed by atoms with Crippen molar-refractivity contribution in [2.45, 2.75) is 6.54 Å². The number of carbonyl (C=O) groups is 1. The predicted octanol–water partition coefficient (Wildman–Crippen LogP) is 1.86. The zero-order valence-corrected chi connectivity index (χ0v) is 11.1. The van der Waals surface area contributed by atoms with Gasteiger partial charge in [0, 0.05) is 13.7 Å². The van der Waals surface area contributed by atoms with Crippen LogP contribution in [0.5, 0.6) is 0 Å². The standard InChI is InChI=1S/C15H15NO4/c1-20-10-9-16-13(11-5-3-2-4-6-11)8-7-12(14(16)17)15(18)19/h2-8H,9-10H2,1H3,(H,18,19). The summed E-state index contributed by atoms with van der Waals surface area (Å²) in [5.74, 6) is -1.22. The van der Waals surface area contributed by atoms with E-state index in [1.807, 2.05) is 30.3 Å². The van der Waals surface area contributed by atoms with E-state index in [9.17, 15) is 9.59 Å². The lowest BCUT2D eigenvalue weighted by Crippen LogP contribution is -2.28. The van der Waals surface area contributed by atoms with Crippen LogP contribution < -0.4 is 5.56 Å². The number of benzene rings is 1. The smallest absolute Gasteiger partial charge is 0.341 e. The van der Waals surface area contributed by atoms with E-state index in [1.165, 1.54) is 17.7 Å². The molecule has 0 radical (unpaired) electrons. The number of methoxy groups -OCH3 is 1. The second-order valence-electron chi connectivity index (χ2n) is 4.25. The van der Waals surface area contributed by atoms with Crippen molar-refractivity contribution in [3.05, 3.63) is 58.4 Å². The second-order valence-corrected chi connectivity index (χ2v) is 4.25. The third kappa shape index (κ3) is 2.78. The highest BCUT2D eigenvalue weighted by Gasteiger charge is 2.14. The summed E-state index contributed by atoms with van der Waals surface area (Å²) in [6.07, 6.45) is 0. The van der Waals surface area contributed by atoms with Gasteiger partial charge < -0.3 is 14.4 Å². The maximum atomic E-state index is 12.2. The molecule has 0 bridgehead atoms. The summed E-state index contributed by atoms with van der Waals surface area (Å²) < 4.78 is 6.42. The molecule has 2 aromatic rings. The van der Waals surface area contributed by atoms with Crippen molar-refractivity contribution >= 4 is 5.97 Å². The van der Waals surface area contributed by atoms with Gasteiger partial charge in [0.05, 0.1) is 12.3 Å². The Morgan fingerprint density at radius 3 is 2.50 bits per heavy atom. The maximum absolute atomic E-state index is 12.2. The zero-order chi connectivity index (χ0) is 14.5. The summed E-state index contributed by atoms with van der Waals surface area (Å²) >= 11 is 0. The molecule has 5 nitrogen and oxygen atoms in total. The molecule has 0 atom stereocenters. The van der Waals surface area contributed by atoms with Gasteiger partial charge in [-0.05, 0) is 17.7 Å². The van der Waals surface area contributed by atoms with Gasteiger partial charge in [0.25, 0.3) is 5.56 Å². The van der Waals surface area contributed by atoms with Gasteiger partial charge in [-0.2, -0.15) is 0 Å². The number of aromatic nitrogens is 1. The predicted molar refractivity (Wildman–Crippen MR) is 75.0 cm³/mol. The van der Waals surface area contributed by atoms with Crippen molar-refractivity contribution in [3.8, 4) is 11.3 Å². The molecule has 0 aliphatic rings. The highest BCUT2D eigenvalue weighted by molar-refractivity contribution is 5.87. The third-order valence-electron chi connectivity index (χ3n) is 2.99. The molecule has 0 amide bonds. The van der Waals surface area contributed by atoms with Crippen molar-refractivity contribution in [1.29, 1.82) is 0 Å². The molecule has 5 heteroatoms. The lowest BCUT2D eigenvalue weighted by atomic mass is 10.1. The molecule has 104 valence electrons. The van der Waals surface area contributed by atoms with Gasteiger partial charge in [-0.3, -0.25) is 4.79 Å². The third-order valence-corrected chi connectivity index (χ3v) is 2.99. The van der Waals surface area contributed by atoms with Crippen LogP contribution in [0.15, 0.2) is 47.3 Å². The van der Waals surface area contributed by atoms with Crippen molar-refractivity contribution in [2.75, 3.05) is 13.7 Å². The number of rotatable bonds is 5. The molecule has 0 aliphatic carbocycles. The lowest BCUT2D eigenvalue weighted by Gasteiger charge is -2.13. The van der Waals surface area contributed by atoms with Gasteiger partial charge >= 0.3 is 5.97 Å². The van der Waals surface area contributed by atoms with Crippen molar-refractivity contribution in [2.24, 2.45) is 0 Å². The molecule has 0 spiro atoms. The largest absolute Gasteiger partial charge is 0.477 e. The van der Waals surface area contributed by atoms with Gasteiger partial charge in [-0.25, -0.2) is 4.79 Å². The fraction of sp³-hybridized carbons (Fsp3) is 0.200. The van der Waals surface area contributed by atoms with E-state index >= 15 is 0 Å². The number of ether oxygens (including phenoxy) is 1. The minimum absolute atomic E-state index is 0.235. The number of aromatic carboxylic acids is 1. The Morgan fingerprint density at radius 2 is 1.90 bits per heavy atom. The number of carboxylic acid groups (broad SMARTS) is 1. The van der Waals surface area contributed by atoms with E-state index in [4.69, 9.17) is 9.84 Å². The monoisotopic (exact) mass is 273 g/mol. The first-order valence-electron chi connectivity index (χ1n) is 6.16. The summed E-state index contributed by atoms with van der Waals surface area (Å²) in [6.45, 7) is 0.642. The quantitative estimate of drug-likeness (QED) is 0.902. The molecule has 0 saturated heterocycles. The van der Waals surface area contributed by atoms with E-state index in [2.05, 4.69) is 0 Å². The Kier molecular flexibility index (Phi) is 4.32. The Labute approximate surface area is 116 Å². The Balaban J connectivity index is 2.60. The van der Waals surface area contributed by atoms with E-state index in [0.717, 1.165) is 5.56 Å². The van der Waals surface area contributed by atoms with Gasteiger partial charge in [0.2, 0.25) is 0 Å². The Morgan fingerprint density at radius 1 is 1.20 bits per heavy atom. The molecule has 0 saturated carbocycles. The second kappa shape index (κ2) is 6.16. The summed E-state index contributed by atoms with van der Waals surface area (Å²) in [5, 5.41) is 9.03. The fourth-order valence-electron chi connectivity index (χ4n) is 2.01. The molecule has 1 N–H and O–H groups in total. The van der Waals surface area contributed by atoms with Crippen LogP contribution in [0.1, 0.15) is 10.4 Å². The Bertz CT molecular complexity index is 661. The van der Waals surface area contributed by atoms with Crippen LogP contribution in [-0.2, 0) is 11.3 Å². The van der Waals surface area contributed by atoms with Gasteiger partial charge in [-0.15, -0.1) is 0 Å². The molecule has 1 aromatic heterocycles. The van der Waals surface area contributed by atoms with Gasteiger partial charge in [-0.1, -0.05) is 30.3 Å². The number of nitrogens with zero attached hydrogens (tertiary/aromatic N) is 1. The first-order chi connectivity index (χ1) is 9.65. The highest BCUT2D eigenvalue weighted by Crippen LogP contribution is 2.17. The molecule has 1 heterocycles. The molecule has 2 rings (SSSR count). The minimum atomic E-state index is -1.22. The summed E-state index contributed by atoms with van der Waals surface area (Å²) in [4.78, 5) is 23.3. The lowest BCUT2D eigenvalue weighted by molar-refractivity contribution is 0.0694. The number of hydrogen-bond acceptors (Lipinski definition) is 3. The van der Waals surface area contributed by atoms with Crippen LogP contribution in [0.4, 0.5) is 0 Å². The van der Waals surface area contributed by atoms with Crippen LogP contribution in [0.25, 0.3) is 11.3 Å². The first-order valence-corrected chi connectivity index (χ1v) is 6.16. The Hall–Kier alpha value is -2.40. The summed E-state index contributed by atoms with van der Waals surface area (Å²) in [5.41, 5.74) is 0.784. The van der Waals surface area contributed by atoms with Gasteiger partial charge in [0.1, 0.15) is 5.56 Å². The summed E-state index contributed by atoms with van der Waals surface area (Å²) in [7, 11) is 1.54. The van der Waals surface area contributed by atoms with Crippen molar-refractivity contribution < 1.29 is 14.6 Å². The average molecular weight is 273 g/mol. The van der Waals surface area contributed by atoms with Crippen LogP contribution in [0, 0.1) is 0 Å². The molecule has 1 aromatic carbocycles. The number of carboxylic acids is 1. The molecule has 20 heavy (non-hydrogen) atoms. The van der Waals surface area contributed by atoms with Crippen LogP contribution in [-0.4, -0.2) is 29.4 Å². The van der Waals surface area contributed by atoms with E-state index in [-0.39, 0.29) is 5.56 Å². The van der Waals surface area contributed by atoms with Gasteiger partial charge in [0.15, 0.2) is 0 Å². The number of hydrogen-bond donors (Lipinski definition) is 1.